The molecule has 1 saturated heterocycles. The summed E-state index contributed by atoms with van der Waals surface area (Å²) >= 11 is 0. The number of nitrogens with one attached hydrogen (secondary N) is 1. The topological polar surface area (TPSA) is 104 Å². The molecule has 1 aliphatic rings. The van der Waals surface area contributed by atoms with Crippen molar-refractivity contribution >= 4 is 28.4 Å². The molecule has 0 aliphatic carbocycles. The summed E-state index contributed by atoms with van der Waals surface area (Å²) < 4.78 is 7.93. The lowest BCUT2D eigenvalue weighted by Gasteiger charge is -2.23. The molecule has 1 atom stereocenters. The normalized spacial score (nSPS) is 16.6. The number of hydrogen-bond acceptors (Lipinski definition) is 7. The van der Waals surface area contributed by atoms with Gasteiger partial charge in [0.2, 0.25) is 0 Å². The molecule has 0 bridgehead atoms. The number of nitrogen functional groups attached to an aromatic ring is 1. The van der Waals surface area contributed by atoms with E-state index in [1.54, 1.807) is 18.9 Å². The molecule has 1 unspecified atom stereocenters. The fraction of sp³-hybridized carbons (Fsp3) is 0.273. The SMILES string of the molecule is Cc1ccc(N)cc1Nc1ncccc1-c1ncnc2c1ncn2C1CCCCO1. The second-order valence-corrected chi connectivity index (χ2v) is 7.47. The van der Waals surface area contributed by atoms with Gasteiger partial charge in [0.25, 0.3) is 0 Å². The molecule has 0 saturated carbocycles. The van der Waals surface area contributed by atoms with Crippen molar-refractivity contribution in [3.8, 4) is 11.3 Å². The van der Waals surface area contributed by atoms with Crippen LogP contribution in [0.15, 0.2) is 49.2 Å². The average molecular weight is 401 g/mol. The Bertz CT molecular complexity index is 1200. The van der Waals surface area contributed by atoms with Gasteiger partial charge in [-0.15, -0.1) is 0 Å². The van der Waals surface area contributed by atoms with Crippen LogP contribution in [0.2, 0.25) is 0 Å². The number of nitrogens with zero attached hydrogens (tertiary/aromatic N) is 5. The zero-order valence-corrected chi connectivity index (χ0v) is 16.7. The summed E-state index contributed by atoms with van der Waals surface area (Å²) in [6.45, 7) is 2.79. The molecule has 0 amide bonds. The number of benzene rings is 1. The quantitative estimate of drug-likeness (QED) is 0.493. The van der Waals surface area contributed by atoms with Crippen molar-refractivity contribution < 1.29 is 4.74 Å². The van der Waals surface area contributed by atoms with Crippen molar-refractivity contribution in [2.45, 2.75) is 32.4 Å². The Kier molecular flexibility index (Phi) is 4.76. The van der Waals surface area contributed by atoms with Crippen LogP contribution in [-0.2, 0) is 4.74 Å². The summed E-state index contributed by atoms with van der Waals surface area (Å²) in [7, 11) is 0. The third-order valence-electron chi connectivity index (χ3n) is 5.40. The minimum atomic E-state index is -0.0343. The fourth-order valence-electron chi connectivity index (χ4n) is 3.80. The highest BCUT2D eigenvalue weighted by Crippen LogP contribution is 2.33. The predicted octanol–water partition coefficient (Wildman–Crippen LogP) is 4.22. The number of nitrogens with two attached hydrogens (primary N) is 1. The predicted molar refractivity (Wildman–Crippen MR) is 116 cm³/mol. The number of rotatable bonds is 4. The van der Waals surface area contributed by atoms with E-state index < -0.39 is 0 Å². The van der Waals surface area contributed by atoms with Gasteiger partial charge in [0.1, 0.15) is 29.6 Å². The number of anilines is 3. The van der Waals surface area contributed by atoms with Crippen LogP contribution in [0.1, 0.15) is 31.1 Å². The maximum Gasteiger partial charge on any atom is 0.165 e. The summed E-state index contributed by atoms with van der Waals surface area (Å²) in [5.41, 5.74) is 11.7. The molecule has 152 valence electrons. The molecule has 4 heterocycles. The highest BCUT2D eigenvalue weighted by molar-refractivity contribution is 5.91. The van der Waals surface area contributed by atoms with Gasteiger partial charge >= 0.3 is 0 Å². The van der Waals surface area contributed by atoms with Crippen LogP contribution in [0.3, 0.4) is 0 Å². The van der Waals surface area contributed by atoms with Gasteiger partial charge in [0, 0.05) is 29.7 Å². The second kappa shape index (κ2) is 7.72. The van der Waals surface area contributed by atoms with E-state index in [-0.39, 0.29) is 6.23 Å². The smallest absolute Gasteiger partial charge is 0.165 e. The molecular formula is C22H23N7O. The Morgan fingerprint density at radius 3 is 2.93 bits per heavy atom. The van der Waals surface area contributed by atoms with Gasteiger partial charge in [-0.25, -0.2) is 19.9 Å². The Labute approximate surface area is 174 Å². The first-order valence-corrected chi connectivity index (χ1v) is 10.1. The number of aromatic nitrogens is 5. The molecule has 1 aliphatic heterocycles. The van der Waals surface area contributed by atoms with Gasteiger partial charge < -0.3 is 15.8 Å². The number of aryl methyl sites for hydroxylation is 1. The zero-order valence-electron chi connectivity index (χ0n) is 16.7. The van der Waals surface area contributed by atoms with Crippen LogP contribution in [0, 0.1) is 6.92 Å². The third-order valence-corrected chi connectivity index (χ3v) is 5.40. The Morgan fingerprint density at radius 1 is 1.13 bits per heavy atom. The van der Waals surface area contributed by atoms with Crippen LogP contribution < -0.4 is 11.1 Å². The van der Waals surface area contributed by atoms with Crippen molar-refractivity contribution in [3.05, 3.63) is 54.7 Å². The summed E-state index contributed by atoms with van der Waals surface area (Å²) in [6, 6.07) is 9.64. The lowest BCUT2D eigenvalue weighted by atomic mass is 10.1. The van der Waals surface area contributed by atoms with Gasteiger partial charge in [-0.05, 0) is 56.0 Å². The first-order chi connectivity index (χ1) is 14.7. The fourth-order valence-corrected chi connectivity index (χ4v) is 3.80. The molecule has 0 spiro atoms. The van der Waals surface area contributed by atoms with Crippen LogP contribution in [0.5, 0.6) is 0 Å². The van der Waals surface area contributed by atoms with Crippen molar-refractivity contribution in [2.75, 3.05) is 17.7 Å². The van der Waals surface area contributed by atoms with E-state index in [0.29, 0.717) is 11.5 Å². The van der Waals surface area contributed by atoms with Gasteiger partial charge in [0.15, 0.2) is 5.65 Å². The van der Waals surface area contributed by atoms with Crippen molar-refractivity contribution in [3.63, 3.8) is 0 Å². The van der Waals surface area contributed by atoms with Crippen molar-refractivity contribution in [1.82, 2.24) is 24.5 Å². The van der Waals surface area contributed by atoms with Crippen LogP contribution in [0.4, 0.5) is 17.2 Å². The standard InChI is InChI=1S/C22H23N7O/c1-14-7-8-15(23)11-17(14)28-21-16(5-4-9-24-21)19-20-22(26-12-25-19)29(13-27-20)18-6-2-3-10-30-18/h4-5,7-9,11-13,18H,2-3,6,10,23H2,1H3,(H,24,28). The number of fused-ring (bicyclic) bond motifs is 1. The molecule has 30 heavy (non-hydrogen) atoms. The molecule has 3 N–H and O–H groups in total. The van der Waals surface area contributed by atoms with Crippen molar-refractivity contribution in [2.24, 2.45) is 0 Å². The summed E-state index contributed by atoms with van der Waals surface area (Å²) in [5.74, 6) is 0.690. The largest absolute Gasteiger partial charge is 0.399 e. The second-order valence-electron chi connectivity index (χ2n) is 7.47. The molecule has 3 aromatic heterocycles. The van der Waals surface area contributed by atoms with Crippen LogP contribution in [-0.4, -0.2) is 31.1 Å². The average Bonchev–Trinajstić information content (AvgIpc) is 3.22. The highest BCUT2D eigenvalue weighted by atomic mass is 16.5. The first-order valence-electron chi connectivity index (χ1n) is 10.1. The van der Waals surface area contributed by atoms with E-state index in [0.717, 1.165) is 59.5 Å². The molecule has 8 heteroatoms. The van der Waals surface area contributed by atoms with E-state index in [1.165, 1.54) is 0 Å². The molecule has 0 radical (unpaired) electrons. The summed E-state index contributed by atoms with van der Waals surface area (Å²) in [5, 5.41) is 3.40. The molecule has 1 fully saturated rings. The van der Waals surface area contributed by atoms with Crippen LogP contribution in [0.25, 0.3) is 22.4 Å². The van der Waals surface area contributed by atoms with Crippen LogP contribution >= 0.6 is 0 Å². The maximum atomic E-state index is 5.97. The molecule has 8 nitrogen and oxygen atoms in total. The molecule has 4 aromatic rings. The monoisotopic (exact) mass is 401 g/mol. The van der Waals surface area contributed by atoms with E-state index >= 15 is 0 Å². The van der Waals surface area contributed by atoms with E-state index in [9.17, 15) is 0 Å². The Morgan fingerprint density at radius 2 is 2.07 bits per heavy atom. The van der Waals surface area contributed by atoms with E-state index in [1.807, 2.05) is 41.8 Å². The Hall–Kier alpha value is -3.52. The van der Waals surface area contributed by atoms with E-state index in [4.69, 9.17) is 10.5 Å². The van der Waals surface area contributed by atoms with Gasteiger partial charge in [-0.2, -0.15) is 0 Å². The molecule has 5 rings (SSSR count). The minimum Gasteiger partial charge on any atom is -0.399 e. The Balaban J connectivity index is 1.58. The van der Waals surface area contributed by atoms with E-state index in [2.05, 4.69) is 25.3 Å². The first kappa shape index (κ1) is 18.5. The third kappa shape index (κ3) is 3.35. The minimum absolute atomic E-state index is 0.0343. The van der Waals surface area contributed by atoms with Gasteiger partial charge in [0.05, 0.1) is 6.33 Å². The molecule has 1 aromatic carbocycles. The lowest BCUT2D eigenvalue weighted by molar-refractivity contribution is -0.0298. The number of hydrogen-bond donors (Lipinski definition) is 2. The van der Waals surface area contributed by atoms with Crippen molar-refractivity contribution in [1.29, 1.82) is 0 Å². The number of imidazole rings is 1. The number of pyridine rings is 1. The van der Waals surface area contributed by atoms with Gasteiger partial charge in [-0.1, -0.05) is 6.07 Å². The summed E-state index contributed by atoms with van der Waals surface area (Å²) in [6.07, 6.45) is 8.27. The lowest BCUT2D eigenvalue weighted by Crippen LogP contribution is -2.17. The molecular weight excluding hydrogens is 378 g/mol. The summed E-state index contributed by atoms with van der Waals surface area (Å²) in [4.78, 5) is 18.2. The zero-order chi connectivity index (χ0) is 20.5. The highest BCUT2D eigenvalue weighted by Gasteiger charge is 2.21. The number of ether oxygens (including phenoxy) is 1. The van der Waals surface area contributed by atoms with Gasteiger partial charge in [-0.3, -0.25) is 4.57 Å². The maximum absolute atomic E-state index is 5.97.